The number of piperidine rings is 1. The van der Waals surface area contributed by atoms with Gasteiger partial charge in [0.15, 0.2) is 0 Å². The van der Waals surface area contributed by atoms with Crippen LogP contribution in [-0.2, 0) is 16.1 Å². The van der Waals surface area contributed by atoms with Crippen LogP contribution in [0, 0.1) is 0 Å². The Labute approximate surface area is 123 Å². The molecule has 0 spiro atoms. The Hall–Kier alpha value is -1.01. The molecular formula is C13H19ClN2O3S. The standard InChI is InChI=1S/C13H19ClN2O3S/c1-3-10-6-4-5-7-16(10)13(17)12-8-11(9-15(12)2)20(14,18)19/h8-10H,3-7H2,1-2H3. The van der Waals surface area contributed by atoms with Crippen LogP contribution in [0.25, 0.3) is 0 Å². The van der Waals surface area contributed by atoms with Gasteiger partial charge in [0.05, 0.1) is 0 Å². The second kappa shape index (κ2) is 5.77. The van der Waals surface area contributed by atoms with Crippen LogP contribution < -0.4 is 0 Å². The van der Waals surface area contributed by atoms with E-state index in [1.165, 1.54) is 16.8 Å². The van der Waals surface area contributed by atoms with Crippen molar-refractivity contribution in [2.75, 3.05) is 6.54 Å². The zero-order valence-electron chi connectivity index (χ0n) is 11.7. The van der Waals surface area contributed by atoms with Crippen LogP contribution >= 0.6 is 10.7 Å². The molecule has 7 heteroatoms. The fraction of sp³-hybridized carbons (Fsp3) is 0.615. The summed E-state index contributed by atoms with van der Waals surface area (Å²) in [6.45, 7) is 2.79. The minimum Gasteiger partial charge on any atom is -0.345 e. The predicted molar refractivity (Wildman–Crippen MR) is 77.4 cm³/mol. The van der Waals surface area contributed by atoms with Gasteiger partial charge in [-0.2, -0.15) is 0 Å². The number of carbonyl (C=O) groups is 1. The molecule has 1 aromatic rings. The predicted octanol–water partition coefficient (Wildman–Crippen LogP) is 2.36. The molecule has 1 saturated heterocycles. The van der Waals surface area contributed by atoms with E-state index < -0.39 is 9.05 Å². The maximum Gasteiger partial charge on any atom is 0.270 e. The average molecular weight is 319 g/mol. The third-order valence-electron chi connectivity index (χ3n) is 3.84. The second-order valence-electron chi connectivity index (χ2n) is 5.17. The first-order valence-electron chi connectivity index (χ1n) is 6.76. The molecule has 1 amide bonds. The van der Waals surface area contributed by atoms with E-state index in [0.717, 1.165) is 32.2 Å². The number of aromatic nitrogens is 1. The quantitative estimate of drug-likeness (QED) is 0.804. The molecule has 20 heavy (non-hydrogen) atoms. The smallest absolute Gasteiger partial charge is 0.270 e. The molecule has 0 N–H and O–H groups in total. The van der Waals surface area contributed by atoms with Gasteiger partial charge in [-0.25, -0.2) is 8.42 Å². The molecule has 1 atom stereocenters. The minimum absolute atomic E-state index is 0.0323. The summed E-state index contributed by atoms with van der Waals surface area (Å²) >= 11 is 0. The molecule has 1 unspecified atom stereocenters. The highest BCUT2D eigenvalue weighted by Gasteiger charge is 2.28. The zero-order chi connectivity index (χ0) is 14.9. The Balaban J connectivity index is 2.31. The van der Waals surface area contributed by atoms with Crippen molar-refractivity contribution in [2.45, 2.75) is 43.5 Å². The van der Waals surface area contributed by atoms with Gasteiger partial charge in [-0.1, -0.05) is 6.92 Å². The van der Waals surface area contributed by atoms with E-state index in [1.54, 1.807) is 7.05 Å². The van der Waals surface area contributed by atoms with Gasteiger partial charge >= 0.3 is 0 Å². The number of likely N-dealkylation sites (tertiary alicyclic amines) is 1. The number of halogens is 1. The summed E-state index contributed by atoms with van der Waals surface area (Å²) in [5.74, 6) is -0.120. The normalized spacial score (nSPS) is 20.1. The van der Waals surface area contributed by atoms with E-state index in [4.69, 9.17) is 10.7 Å². The van der Waals surface area contributed by atoms with Crippen LogP contribution in [0.2, 0.25) is 0 Å². The summed E-state index contributed by atoms with van der Waals surface area (Å²) in [7, 11) is 3.17. The van der Waals surface area contributed by atoms with E-state index in [9.17, 15) is 13.2 Å². The van der Waals surface area contributed by atoms with Crippen molar-refractivity contribution in [2.24, 2.45) is 7.05 Å². The molecule has 112 valence electrons. The van der Waals surface area contributed by atoms with Gasteiger partial charge in [0.2, 0.25) is 0 Å². The van der Waals surface area contributed by atoms with Crippen LogP contribution in [0.15, 0.2) is 17.2 Å². The second-order valence-corrected chi connectivity index (χ2v) is 7.73. The van der Waals surface area contributed by atoms with Crippen molar-refractivity contribution in [3.8, 4) is 0 Å². The van der Waals surface area contributed by atoms with Crippen molar-refractivity contribution in [3.63, 3.8) is 0 Å². The number of hydrogen-bond acceptors (Lipinski definition) is 3. The van der Waals surface area contributed by atoms with Crippen molar-refractivity contribution >= 4 is 25.6 Å². The van der Waals surface area contributed by atoms with Crippen molar-refractivity contribution in [3.05, 3.63) is 18.0 Å². The topological polar surface area (TPSA) is 59.4 Å². The van der Waals surface area contributed by atoms with E-state index in [0.29, 0.717) is 5.69 Å². The Morgan fingerprint density at radius 2 is 2.15 bits per heavy atom. The minimum atomic E-state index is -3.81. The third kappa shape index (κ3) is 3.01. The van der Waals surface area contributed by atoms with Gasteiger partial charge in [0, 0.05) is 36.5 Å². The van der Waals surface area contributed by atoms with Crippen LogP contribution in [0.1, 0.15) is 43.1 Å². The lowest BCUT2D eigenvalue weighted by molar-refractivity contribution is 0.0598. The van der Waals surface area contributed by atoms with Gasteiger partial charge in [-0.3, -0.25) is 4.79 Å². The molecule has 5 nitrogen and oxygen atoms in total. The first-order chi connectivity index (χ1) is 9.34. The van der Waals surface area contributed by atoms with E-state index in [-0.39, 0.29) is 16.8 Å². The lowest BCUT2D eigenvalue weighted by Crippen LogP contribution is -2.43. The number of nitrogens with zero attached hydrogens (tertiary/aromatic N) is 2. The molecule has 0 bridgehead atoms. The summed E-state index contributed by atoms with van der Waals surface area (Å²) in [5, 5.41) is 0. The van der Waals surface area contributed by atoms with Crippen molar-refractivity contribution < 1.29 is 13.2 Å². The maximum absolute atomic E-state index is 12.6. The fourth-order valence-electron chi connectivity index (χ4n) is 2.72. The highest BCUT2D eigenvalue weighted by molar-refractivity contribution is 8.13. The molecule has 1 fully saturated rings. The van der Waals surface area contributed by atoms with Crippen molar-refractivity contribution in [1.29, 1.82) is 0 Å². The lowest BCUT2D eigenvalue weighted by Gasteiger charge is -2.35. The number of rotatable bonds is 3. The number of hydrogen-bond donors (Lipinski definition) is 0. The highest BCUT2D eigenvalue weighted by Crippen LogP contribution is 2.24. The van der Waals surface area contributed by atoms with E-state index in [1.807, 2.05) is 4.90 Å². The molecule has 1 aliphatic heterocycles. The summed E-state index contributed by atoms with van der Waals surface area (Å²) in [6.07, 6.45) is 5.43. The van der Waals surface area contributed by atoms with Gasteiger partial charge in [0.1, 0.15) is 10.6 Å². The number of aryl methyl sites for hydroxylation is 1. The van der Waals surface area contributed by atoms with Gasteiger partial charge < -0.3 is 9.47 Å². The van der Waals surface area contributed by atoms with Gasteiger partial charge in [-0.05, 0) is 31.7 Å². The number of carbonyl (C=O) groups excluding carboxylic acids is 1. The average Bonchev–Trinajstić information content (AvgIpc) is 2.80. The van der Waals surface area contributed by atoms with Gasteiger partial charge in [-0.15, -0.1) is 0 Å². The summed E-state index contributed by atoms with van der Waals surface area (Å²) < 4.78 is 24.2. The summed E-state index contributed by atoms with van der Waals surface area (Å²) in [6, 6.07) is 1.59. The van der Waals surface area contributed by atoms with Crippen molar-refractivity contribution in [1.82, 2.24) is 9.47 Å². The third-order valence-corrected chi connectivity index (χ3v) is 5.16. The Bertz CT molecular complexity index is 609. The Morgan fingerprint density at radius 1 is 1.45 bits per heavy atom. The molecule has 0 saturated carbocycles. The maximum atomic E-state index is 12.6. The zero-order valence-corrected chi connectivity index (χ0v) is 13.2. The fourth-order valence-corrected chi connectivity index (χ4v) is 3.51. The van der Waals surface area contributed by atoms with E-state index >= 15 is 0 Å². The van der Waals surface area contributed by atoms with E-state index in [2.05, 4.69) is 6.92 Å². The van der Waals surface area contributed by atoms with Gasteiger partial charge in [0.25, 0.3) is 15.0 Å². The molecule has 1 aromatic heterocycles. The molecule has 0 radical (unpaired) electrons. The lowest BCUT2D eigenvalue weighted by atomic mass is 9.99. The molecule has 1 aliphatic rings. The number of amides is 1. The van der Waals surface area contributed by atoms with Crippen LogP contribution in [0.3, 0.4) is 0 Å². The molecule has 2 rings (SSSR count). The van der Waals surface area contributed by atoms with Crippen LogP contribution in [0.4, 0.5) is 0 Å². The highest BCUT2D eigenvalue weighted by atomic mass is 35.7. The Morgan fingerprint density at radius 3 is 2.70 bits per heavy atom. The first kappa shape index (κ1) is 15.4. The van der Waals surface area contributed by atoms with Crippen LogP contribution in [-0.4, -0.2) is 36.4 Å². The molecule has 0 aromatic carbocycles. The molecule has 2 heterocycles. The summed E-state index contributed by atoms with van der Waals surface area (Å²) in [4.78, 5) is 14.4. The first-order valence-corrected chi connectivity index (χ1v) is 9.07. The van der Waals surface area contributed by atoms with Crippen LogP contribution in [0.5, 0.6) is 0 Å². The SMILES string of the molecule is CCC1CCCCN1C(=O)c1cc(S(=O)(=O)Cl)cn1C. The molecule has 0 aliphatic carbocycles. The largest absolute Gasteiger partial charge is 0.345 e. The summed E-state index contributed by atoms with van der Waals surface area (Å²) in [5.41, 5.74) is 0.365. The molecular weight excluding hydrogens is 300 g/mol. The monoisotopic (exact) mass is 318 g/mol. The Kier molecular flexibility index (Phi) is 4.44.